The van der Waals surface area contributed by atoms with E-state index in [1.165, 1.54) is 0 Å². The van der Waals surface area contributed by atoms with Crippen molar-refractivity contribution in [3.63, 3.8) is 0 Å². The SMILES string of the molecule is O=C1CC(c2cccnc2)c2c(ccc3cn[nH]c23)N1. The quantitative estimate of drug-likeness (QED) is 0.709. The molecule has 0 saturated heterocycles. The van der Waals surface area contributed by atoms with Crippen molar-refractivity contribution in [3.8, 4) is 0 Å². The molecule has 0 radical (unpaired) electrons. The Labute approximate surface area is 115 Å². The Hall–Kier alpha value is -2.69. The maximum atomic E-state index is 11.9. The summed E-state index contributed by atoms with van der Waals surface area (Å²) in [6.45, 7) is 0. The van der Waals surface area contributed by atoms with Gasteiger partial charge in [-0.2, -0.15) is 5.10 Å². The number of H-pyrrole nitrogens is 1. The second kappa shape index (κ2) is 4.16. The number of hydrogen-bond acceptors (Lipinski definition) is 3. The van der Waals surface area contributed by atoms with Gasteiger partial charge in [0, 0.05) is 41.4 Å². The number of benzene rings is 1. The first-order valence-electron chi connectivity index (χ1n) is 6.48. The summed E-state index contributed by atoms with van der Waals surface area (Å²) in [7, 11) is 0. The average molecular weight is 264 g/mol. The van der Waals surface area contributed by atoms with Gasteiger partial charge in [-0.1, -0.05) is 6.07 Å². The molecule has 1 aliphatic rings. The molecule has 2 aromatic heterocycles. The molecular weight excluding hydrogens is 252 g/mol. The Bertz CT molecular complexity index is 794. The molecule has 0 fully saturated rings. The maximum Gasteiger partial charge on any atom is 0.225 e. The van der Waals surface area contributed by atoms with E-state index in [1.54, 1.807) is 12.4 Å². The molecule has 20 heavy (non-hydrogen) atoms. The smallest absolute Gasteiger partial charge is 0.225 e. The highest BCUT2D eigenvalue weighted by Gasteiger charge is 2.29. The van der Waals surface area contributed by atoms with E-state index in [9.17, 15) is 4.79 Å². The number of anilines is 1. The third kappa shape index (κ3) is 1.60. The van der Waals surface area contributed by atoms with Crippen LogP contribution in [0.3, 0.4) is 0 Å². The van der Waals surface area contributed by atoms with E-state index in [0.29, 0.717) is 6.42 Å². The number of hydrogen-bond donors (Lipinski definition) is 2. The van der Waals surface area contributed by atoms with Crippen molar-refractivity contribution in [3.05, 3.63) is 54.0 Å². The van der Waals surface area contributed by atoms with Crippen LogP contribution in [0.2, 0.25) is 0 Å². The summed E-state index contributed by atoms with van der Waals surface area (Å²) in [5.74, 6) is 0.0434. The molecule has 0 spiro atoms. The highest BCUT2D eigenvalue weighted by Crippen LogP contribution is 2.40. The van der Waals surface area contributed by atoms with Crippen LogP contribution in [0.4, 0.5) is 5.69 Å². The monoisotopic (exact) mass is 264 g/mol. The number of aromatic nitrogens is 3. The molecule has 0 bridgehead atoms. The summed E-state index contributed by atoms with van der Waals surface area (Å²) in [6, 6.07) is 7.81. The average Bonchev–Trinajstić information content (AvgIpc) is 2.95. The van der Waals surface area contributed by atoms with Crippen LogP contribution in [0.25, 0.3) is 10.9 Å². The van der Waals surface area contributed by atoms with Crippen LogP contribution in [0.1, 0.15) is 23.5 Å². The van der Waals surface area contributed by atoms with Crippen molar-refractivity contribution in [2.24, 2.45) is 0 Å². The van der Waals surface area contributed by atoms with Gasteiger partial charge in [0.15, 0.2) is 0 Å². The lowest BCUT2D eigenvalue weighted by Crippen LogP contribution is -2.23. The minimum absolute atomic E-state index is 0.0107. The van der Waals surface area contributed by atoms with Crippen LogP contribution in [-0.2, 0) is 4.79 Å². The van der Waals surface area contributed by atoms with E-state index in [0.717, 1.165) is 27.7 Å². The van der Waals surface area contributed by atoms with E-state index in [2.05, 4.69) is 20.5 Å². The van der Waals surface area contributed by atoms with Gasteiger partial charge in [-0.3, -0.25) is 14.9 Å². The fourth-order valence-electron chi connectivity index (χ4n) is 2.86. The summed E-state index contributed by atoms with van der Waals surface area (Å²) in [6.07, 6.45) is 5.79. The van der Waals surface area contributed by atoms with Gasteiger partial charge in [0.05, 0.1) is 11.7 Å². The molecule has 2 N–H and O–H groups in total. The molecule has 3 aromatic rings. The van der Waals surface area contributed by atoms with Crippen molar-refractivity contribution >= 4 is 22.5 Å². The van der Waals surface area contributed by atoms with Crippen LogP contribution in [0.5, 0.6) is 0 Å². The fraction of sp³-hybridized carbons (Fsp3) is 0.133. The van der Waals surface area contributed by atoms with E-state index >= 15 is 0 Å². The predicted octanol–water partition coefficient (Wildman–Crippen LogP) is 2.43. The van der Waals surface area contributed by atoms with E-state index in [-0.39, 0.29) is 11.8 Å². The van der Waals surface area contributed by atoms with Gasteiger partial charge in [-0.15, -0.1) is 0 Å². The zero-order chi connectivity index (χ0) is 13.5. The van der Waals surface area contributed by atoms with Crippen LogP contribution >= 0.6 is 0 Å². The Morgan fingerprint density at radius 2 is 2.15 bits per heavy atom. The molecule has 1 aromatic carbocycles. The van der Waals surface area contributed by atoms with Crippen molar-refractivity contribution in [2.75, 3.05) is 5.32 Å². The molecule has 1 unspecified atom stereocenters. The topological polar surface area (TPSA) is 70.7 Å². The van der Waals surface area contributed by atoms with E-state index in [4.69, 9.17) is 0 Å². The van der Waals surface area contributed by atoms with Crippen LogP contribution in [0, 0.1) is 0 Å². The fourth-order valence-corrected chi connectivity index (χ4v) is 2.86. The number of aromatic amines is 1. The van der Waals surface area contributed by atoms with Gasteiger partial charge < -0.3 is 5.32 Å². The highest BCUT2D eigenvalue weighted by molar-refractivity contribution is 6.00. The number of pyridine rings is 1. The van der Waals surface area contributed by atoms with Crippen molar-refractivity contribution in [2.45, 2.75) is 12.3 Å². The molecule has 0 aliphatic carbocycles. The molecule has 5 heteroatoms. The number of rotatable bonds is 1. The largest absolute Gasteiger partial charge is 0.326 e. The van der Waals surface area contributed by atoms with E-state index in [1.807, 2.05) is 30.5 Å². The molecular formula is C15H12N4O. The molecule has 0 saturated carbocycles. The normalized spacial score (nSPS) is 17.8. The van der Waals surface area contributed by atoms with Crippen LogP contribution in [-0.4, -0.2) is 21.1 Å². The number of fused-ring (bicyclic) bond motifs is 3. The standard InChI is InChI=1S/C15H12N4O/c20-13-6-11(9-2-1-5-16-7-9)14-12(18-13)4-3-10-8-17-19-15(10)14/h1-5,7-8,11H,6H2,(H,17,19)(H,18,20). The van der Waals surface area contributed by atoms with Crippen LogP contribution in [0.15, 0.2) is 42.9 Å². The Morgan fingerprint density at radius 3 is 3.00 bits per heavy atom. The summed E-state index contributed by atoms with van der Waals surface area (Å²) in [5, 5.41) is 11.1. The lowest BCUT2D eigenvalue weighted by atomic mass is 9.84. The number of amides is 1. The third-order valence-corrected chi connectivity index (χ3v) is 3.76. The number of nitrogens with one attached hydrogen (secondary N) is 2. The second-order valence-electron chi connectivity index (χ2n) is 4.95. The zero-order valence-corrected chi connectivity index (χ0v) is 10.6. The summed E-state index contributed by atoms with van der Waals surface area (Å²) >= 11 is 0. The third-order valence-electron chi connectivity index (χ3n) is 3.76. The first kappa shape index (κ1) is 11.2. The van der Waals surface area contributed by atoms with Gasteiger partial charge >= 0.3 is 0 Å². The predicted molar refractivity (Wildman–Crippen MR) is 75.4 cm³/mol. The van der Waals surface area contributed by atoms with Gasteiger partial charge in [-0.25, -0.2) is 0 Å². The maximum absolute atomic E-state index is 11.9. The lowest BCUT2D eigenvalue weighted by Gasteiger charge is -2.26. The molecule has 1 atom stereocenters. The molecule has 1 amide bonds. The minimum Gasteiger partial charge on any atom is -0.326 e. The second-order valence-corrected chi connectivity index (χ2v) is 4.95. The molecule has 4 rings (SSSR count). The number of carbonyl (C=O) groups is 1. The zero-order valence-electron chi connectivity index (χ0n) is 10.6. The Morgan fingerprint density at radius 1 is 1.20 bits per heavy atom. The minimum atomic E-state index is 0.0107. The summed E-state index contributed by atoms with van der Waals surface area (Å²) in [4.78, 5) is 16.1. The van der Waals surface area contributed by atoms with E-state index < -0.39 is 0 Å². The van der Waals surface area contributed by atoms with Crippen molar-refractivity contribution < 1.29 is 4.79 Å². The van der Waals surface area contributed by atoms with Crippen molar-refractivity contribution in [1.29, 1.82) is 0 Å². The van der Waals surface area contributed by atoms with Gasteiger partial charge in [0.25, 0.3) is 0 Å². The molecule has 5 nitrogen and oxygen atoms in total. The first-order chi connectivity index (χ1) is 9.83. The van der Waals surface area contributed by atoms with Crippen LogP contribution < -0.4 is 5.32 Å². The first-order valence-corrected chi connectivity index (χ1v) is 6.48. The van der Waals surface area contributed by atoms with Gasteiger partial charge in [-0.05, 0) is 23.8 Å². The number of carbonyl (C=O) groups excluding carboxylic acids is 1. The Balaban J connectivity index is 1.99. The summed E-state index contributed by atoms with van der Waals surface area (Å²) in [5.41, 5.74) is 3.97. The van der Waals surface area contributed by atoms with Crippen molar-refractivity contribution in [1.82, 2.24) is 15.2 Å². The number of nitrogens with zero attached hydrogens (tertiary/aromatic N) is 2. The molecule has 1 aliphatic heterocycles. The highest BCUT2D eigenvalue weighted by atomic mass is 16.1. The van der Waals surface area contributed by atoms with Gasteiger partial charge in [0.1, 0.15) is 0 Å². The van der Waals surface area contributed by atoms with Gasteiger partial charge in [0.2, 0.25) is 5.91 Å². The summed E-state index contributed by atoms with van der Waals surface area (Å²) < 4.78 is 0. The Kier molecular flexibility index (Phi) is 2.32. The molecule has 3 heterocycles. The molecule has 98 valence electrons. The lowest BCUT2D eigenvalue weighted by molar-refractivity contribution is -0.116.